The molecule has 0 radical (unpaired) electrons. The van der Waals surface area contributed by atoms with E-state index in [0.29, 0.717) is 36.4 Å². The van der Waals surface area contributed by atoms with Crippen LogP contribution in [0.2, 0.25) is 0 Å². The van der Waals surface area contributed by atoms with Crippen molar-refractivity contribution >= 4 is 11.6 Å². The first kappa shape index (κ1) is 17.0. The number of carbonyl (C=O) groups excluding carboxylic acids is 1. The Bertz CT molecular complexity index is 554. The second-order valence-corrected chi connectivity index (χ2v) is 6.38. The van der Waals surface area contributed by atoms with E-state index in [-0.39, 0.29) is 12.0 Å². The number of hydrogen-bond acceptors (Lipinski definition) is 5. The van der Waals surface area contributed by atoms with Crippen LogP contribution >= 0.6 is 0 Å². The van der Waals surface area contributed by atoms with E-state index < -0.39 is 0 Å². The minimum Gasteiger partial charge on any atom is -0.497 e. The summed E-state index contributed by atoms with van der Waals surface area (Å²) in [5.41, 5.74) is 0.685. The van der Waals surface area contributed by atoms with Gasteiger partial charge in [0.1, 0.15) is 11.5 Å². The summed E-state index contributed by atoms with van der Waals surface area (Å²) in [7, 11) is 3.19. The molecule has 1 aromatic carbocycles. The van der Waals surface area contributed by atoms with Crippen molar-refractivity contribution in [2.75, 3.05) is 39.2 Å². The molecule has 1 saturated heterocycles. The molecule has 1 aromatic rings. The van der Waals surface area contributed by atoms with Crippen molar-refractivity contribution in [3.05, 3.63) is 18.2 Å². The average molecular weight is 334 g/mol. The zero-order valence-electron chi connectivity index (χ0n) is 14.4. The Morgan fingerprint density at radius 3 is 2.62 bits per heavy atom. The Morgan fingerprint density at radius 2 is 1.92 bits per heavy atom. The number of nitrogens with one attached hydrogen (secondary N) is 1. The molecule has 2 fully saturated rings. The summed E-state index contributed by atoms with van der Waals surface area (Å²) >= 11 is 0. The standard InChI is InChI=1S/C18H26N2O4/c1-22-14-9-13(10-15(11-14)23-2)19-18(21)12-20-7-8-24-17-6-4-3-5-16(17)20/h9-11,16-17H,3-8,12H2,1-2H3,(H,19,21)/t16-,17-/m1/s1. The highest BCUT2D eigenvalue weighted by molar-refractivity contribution is 5.92. The molecule has 2 aliphatic rings. The number of fused-ring (bicyclic) bond motifs is 1. The second-order valence-electron chi connectivity index (χ2n) is 6.38. The van der Waals surface area contributed by atoms with Crippen LogP contribution in [0.15, 0.2) is 18.2 Å². The number of benzene rings is 1. The summed E-state index contributed by atoms with van der Waals surface area (Å²) in [5, 5.41) is 2.95. The number of ether oxygens (including phenoxy) is 3. The lowest BCUT2D eigenvalue weighted by Crippen LogP contribution is -2.54. The fraction of sp³-hybridized carbons (Fsp3) is 0.611. The fourth-order valence-corrected chi connectivity index (χ4v) is 3.64. The molecule has 24 heavy (non-hydrogen) atoms. The van der Waals surface area contributed by atoms with Crippen molar-refractivity contribution in [1.29, 1.82) is 0 Å². The predicted molar refractivity (Wildman–Crippen MR) is 91.7 cm³/mol. The first-order valence-electron chi connectivity index (χ1n) is 8.58. The molecule has 0 bridgehead atoms. The Balaban J connectivity index is 1.62. The number of anilines is 1. The highest BCUT2D eigenvalue weighted by atomic mass is 16.5. The molecule has 2 atom stereocenters. The molecular formula is C18H26N2O4. The molecule has 1 aliphatic carbocycles. The topological polar surface area (TPSA) is 60.0 Å². The Morgan fingerprint density at radius 1 is 1.21 bits per heavy atom. The van der Waals surface area contributed by atoms with Crippen LogP contribution in [0.3, 0.4) is 0 Å². The van der Waals surface area contributed by atoms with Crippen LogP contribution in [-0.4, -0.2) is 56.9 Å². The minimum atomic E-state index is -0.0171. The Hall–Kier alpha value is -1.79. The van der Waals surface area contributed by atoms with Gasteiger partial charge in [0.05, 0.1) is 33.5 Å². The van der Waals surface area contributed by atoms with E-state index in [4.69, 9.17) is 14.2 Å². The molecule has 132 valence electrons. The van der Waals surface area contributed by atoms with Crippen LogP contribution in [0.1, 0.15) is 25.7 Å². The van der Waals surface area contributed by atoms with Crippen LogP contribution in [0, 0.1) is 0 Å². The number of rotatable bonds is 5. The maximum Gasteiger partial charge on any atom is 0.238 e. The third-order valence-corrected chi connectivity index (χ3v) is 4.83. The van der Waals surface area contributed by atoms with Gasteiger partial charge in [-0.3, -0.25) is 9.69 Å². The predicted octanol–water partition coefficient (Wildman–Crippen LogP) is 2.29. The van der Waals surface area contributed by atoms with E-state index in [1.54, 1.807) is 32.4 Å². The highest BCUT2D eigenvalue weighted by Gasteiger charge is 2.34. The minimum absolute atomic E-state index is 0.0171. The van der Waals surface area contributed by atoms with Gasteiger partial charge in [-0.2, -0.15) is 0 Å². The van der Waals surface area contributed by atoms with Gasteiger partial charge in [0.15, 0.2) is 0 Å². The smallest absolute Gasteiger partial charge is 0.238 e. The number of carbonyl (C=O) groups is 1. The van der Waals surface area contributed by atoms with E-state index in [0.717, 1.165) is 19.4 Å². The molecule has 0 spiro atoms. The van der Waals surface area contributed by atoms with Crippen molar-refractivity contribution in [3.63, 3.8) is 0 Å². The van der Waals surface area contributed by atoms with Crippen molar-refractivity contribution in [2.45, 2.75) is 37.8 Å². The zero-order valence-corrected chi connectivity index (χ0v) is 14.4. The summed E-state index contributed by atoms with van der Waals surface area (Å²) in [6.07, 6.45) is 4.96. The van der Waals surface area contributed by atoms with Crippen molar-refractivity contribution in [3.8, 4) is 11.5 Å². The first-order valence-corrected chi connectivity index (χ1v) is 8.58. The summed E-state index contributed by atoms with van der Waals surface area (Å²) < 4.78 is 16.3. The summed E-state index contributed by atoms with van der Waals surface area (Å²) in [4.78, 5) is 14.7. The van der Waals surface area contributed by atoms with Crippen molar-refractivity contribution < 1.29 is 19.0 Å². The molecule has 1 N–H and O–H groups in total. The molecule has 0 unspecified atom stereocenters. The maximum atomic E-state index is 12.5. The van der Waals surface area contributed by atoms with Crippen LogP contribution in [0.5, 0.6) is 11.5 Å². The molecular weight excluding hydrogens is 308 g/mol. The molecule has 1 amide bonds. The van der Waals surface area contributed by atoms with E-state index >= 15 is 0 Å². The molecule has 3 rings (SSSR count). The number of methoxy groups -OCH3 is 2. The molecule has 6 nitrogen and oxygen atoms in total. The van der Waals surface area contributed by atoms with Gasteiger partial charge in [-0.1, -0.05) is 12.8 Å². The third kappa shape index (κ3) is 3.99. The summed E-state index contributed by atoms with van der Waals surface area (Å²) in [6, 6.07) is 5.74. The Kier molecular flexibility index (Phi) is 5.58. The van der Waals surface area contributed by atoms with E-state index in [2.05, 4.69) is 10.2 Å². The molecule has 6 heteroatoms. The largest absolute Gasteiger partial charge is 0.497 e. The molecule has 1 aliphatic heterocycles. The lowest BCUT2D eigenvalue weighted by molar-refractivity contribution is -0.124. The van der Waals surface area contributed by atoms with Gasteiger partial charge < -0.3 is 19.5 Å². The number of amides is 1. The Labute approximate surface area is 143 Å². The van der Waals surface area contributed by atoms with Crippen LogP contribution < -0.4 is 14.8 Å². The lowest BCUT2D eigenvalue weighted by Gasteiger charge is -2.43. The van der Waals surface area contributed by atoms with Gasteiger partial charge in [0, 0.05) is 36.5 Å². The van der Waals surface area contributed by atoms with Gasteiger partial charge in [-0.25, -0.2) is 0 Å². The third-order valence-electron chi connectivity index (χ3n) is 4.83. The number of nitrogens with zero attached hydrogens (tertiary/aromatic N) is 1. The quantitative estimate of drug-likeness (QED) is 0.895. The normalized spacial score (nSPS) is 24.1. The summed E-state index contributed by atoms with van der Waals surface area (Å²) in [5.74, 6) is 1.29. The fourth-order valence-electron chi connectivity index (χ4n) is 3.64. The van der Waals surface area contributed by atoms with E-state index in [1.165, 1.54) is 12.8 Å². The lowest BCUT2D eigenvalue weighted by atomic mass is 9.90. The van der Waals surface area contributed by atoms with E-state index in [1.807, 2.05) is 0 Å². The zero-order chi connectivity index (χ0) is 16.9. The maximum absolute atomic E-state index is 12.5. The average Bonchev–Trinajstić information content (AvgIpc) is 2.61. The van der Waals surface area contributed by atoms with Gasteiger partial charge in [0.25, 0.3) is 0 Å². The van der Waals surface area contributed by atoms with Crippen LogP contribution in [0.25, 0.3) is 0 Å². The SMILES string of the molecule is COc1cc(NC(=O)CN2CCO[C@@H]3CCCC[C@H]32)cc(OC)c1. The van der Waals surface area contributed by atoms with Crippen LogP contribution in [-0.2, 0) is 9.53 Å². The molecule has 1 saturated carbocycles. The first-order chi connectivity index (χ1) is 11.7. The highest BCUT2D eigenvalue weighted by Crippen LogP contribution is 2.29. The van der Waals surface area contributed by atoms with E-state index in [9.17, 15) is 4.79 Å². The monoisotopic (exact) mass is 334 g/mol. The van der Waals surface area contributed by atoms with Gasteiger partial charge in [-0.05, 0) is 12.8 Å². The summed E-state index contributed by atoms with van der Waals surface area (Å²) in [6.45, 7) is 1.92. The molecule has 0 aromatic heterocycles. The van der Waals surface area contributed by atoms with Crippen LogP contribution in [0.4, 0.5) is 5.69 Å². The van der Waals surface area contributed by atoms with Gasteiger partial charge >= 0.3 is 0 Å². The van der Waals surface area contributed by atoms with Crippen molar-refractivity contribution in [2.24, 2.45) is 0 Å². The van der Waals surface area contributed by atoms with Crippen molar-refractivity contribution in [1.82, 2.24) is 4.90 Å². The van der Waals surface area contributed by atoms with Gasteiger partial charge in [-0.15, -0.1) is 0 Å². The number of hydrogen-bond donors (Lipinski definition) is 1. The second kappa shape index (κ2) is 7.85. The number of morpholine rings is 1. The molecule has 1 heterocycles. The van der Waals surface area contributed by atoms with Gasteiger partial charge in [0.2, 0.25) is 5.91 Å².